The quantitative estimate of drug-likeness (QED) is 0.798. The zero-order valence-electron chi connectivity index (χ0n) is 9.60. The average molecular weight is 237 g/mol. The number of nitrogens with zero attached hydrogens (tertiary/aromatic N) is 1. The third-order valence-corrected chi connectivity index (χ3v) is 2.69. The Morgan fingerprint density at radius 2 is 2.53 bits per heavy atom. The monoisotopic (exact) mass is 237 g/mol. The minimum atomic E-state index is -0.317. The van der Waals surface area contributed by atoms with E-state index in [0.717, 1.165) is 5.76 Å². The van der Waals surface area contributed by atoms with Crippen LogP contribution in [0.4, 0.5) is 4.79 Å². The second-order valence-electron chi connectivity index (χ2n) is 3.90. The lowest BCUT2D eigenvalue weighted by Crippen LogP contribution is -2.40. The summed E-state index contributed by atoms with van der Waals surface area (Å²) >= 11 is 0. The summed E-state index contributed by atoms with van der Waals surface area (Å²) in [5.74, 6) is 0.544. The van der Waals surface area contributed by atoms with Crippen LogP contribution in [0, 0.1) is 0 Å². The lowest BCUT2D eigenvalue weighted by molar-refractivity contribution is -0.126. The van der Waals surface area contributed by atoms with Crippen molar-refractivity contribution < 1.29 is 14.0 Å². The van der Waals surface area contributed by atoms with Gasteiger partial charge in [-0.25, -0.2) is 4.79 Å². The Balaban J connectivity index is 1.82. The summed E-state index contributed by atoms with van der Waals surface area (Å²) in [5, 5.41) is 5.60. The SMILES string of the molecule is C[C@H](NCC(=O)N1CCNC1=O)c1ccco1. The molecular weight excluding hydrogens is 222 g/mol. The zero-order chi connectivity index (χ0) is 12.3. The summed E-state index contributed by atoms with van der Waals surface area (Å²) in [6.45, 7) is 2.98. The van der Waals surface area contributed by atoms with Crippen molar-refractivity contribution in [1.82, 2.24) is 15.5 Å². The van der Waals surface area contributed by atoms with Crippen LogP contribution < -0.4 is 10.6 Å². The van der Waals surface area contributed by atoms with Crippen molar-refractivity contribution in [2.45, 2.75) is 13.0 Å². The molecule has 1 saturated heterocycles. The van der Waals surface area contributed by atoms with Gasteiger partial charge in [-0.2, -0.15) is 0 Å². The van der Waals surface area contributed by atoms with Gasteiger partial charge in [-0.15, -0.1) is 0 Å². The molecule has 3 amide bonds. The molecule has 2 heterocycles. The normalized spacial score (nSPS) is 17.0. The largest absolute Gasteiger partial charge is 0.468 e. The van der Waals surface area contributed by atoms with Crippen LogP contribution in [0.25, 0.3) is 0 Å². The molecule has 0 bridgehead atoms. The molecule has 1 aliphatic heterocycles. The molecule has 1 atom stereocenters. The first kappa shape index (κ1) is 11.7. The molecule has 92 valence electrons. The van der Waals surface area contributed by atoms with E-state index in [2.05, 4.69) is 10.6 Å². The van der Waals surface area contributed by atoms with Crippen molar-refractivity contribution >= 4 is 11.9 Å². The number of hydrogen-bond acceptors (Lipinski definition) is 4. The standard InChI is InChI=1S/C11H15N3O3/c1-8(9-3-2-6-17-9)13-7-10(15)14-5-4-12-11(14)16/h2-3,6,8,13H,4-5,7H2,1H3,(H,12,16)/t8-/m0/s1. The van der Waals surface area contributed by atoms with Crippen molar-refractivity contribution in [2.24, 2.45) is 0 Å². The lowest BCUT2D eigenvalue weighted by Gasteiger charge is -2.15. The van der Waals surface area contributed by atoms with E-state index in [0.29, 0.717) is 13.1 Å². The summed E-state index contributed by atoms with van der Waals surface area (Å²) in [5.41, 5.74) is 0. The first-order valence-electron chi connectivity index (χ1n) is 5.53. The minimum absolute atomic E-state index is 0.0559. The smallest absolute Gasteiger partial charge is 0.324 e. The third-order valence-electron chi connectivity index (χ3n) is 2.69. The molecule has 6 nitrogen and oxygen atoms in total. The van der Waals surface area contributed by atoms with Gasteiger partial charge in [0.2, 0.25) is 5.91 Å². The molecule has 6 heteroatoms. The van der Waals surface area contributed by atoms with Gasteiger partial charge in [-0.1, -0.05) is 0 Å². The fourth-order valence-electron chi connectivity index (χ4n) is 1.68. The Morgan fingerprint density at radius 3 is 3.12 bits per heavy atom. The van der Waals surface area contributed by atoms with E-state index in [-0.39, 0.29) is 24.5 Å². The number of amides is 3. The number of nitrogens with one attached hydrogen (secondary N) is 2. The van der Waals surface area contributed by atoms with Crippen LogP contribution in [-0.4, -0.2) is 36.5 Å². The molecule has 1 fully saturated rings. The highest BCUT2D eigenvalue weighted by atomic mass is 16.3. The number of urea groups is 1. The molecule has 0 unspecified atom stereocenters. The van der Waals surface area contributed by atoms with E-state index in [4.69, 9.17) is 4.42 Å². The Bertz CT molecular complexity index is 402. The van der Waals surface area contributed by atoms with Crippen LogP contribution in [-0.2, 0) is 4.79 Å². The molecule has 0 aromatic carbocycles. The molecular formula is C11H15N3O3. The van der Waals surface area contributed by atoms with Crippen molar-refractivity contribution in [3.05, 3.63) is 24.2 Å². The number of furan rings is 1. The Labute approximate surface area is 99.0 Å². The van der Waals surface area contributed by atoms with Crippen LogP contribution >= 0.6 is 0 Å². The van der Waals surface area contributed by atoms with E-state index >= 15 is 0 Å². The highest BCUT2D eigenvalue weighted by Crippen LogP contribution is 2.11. The molecule has 2 N–H and O–H groups in total. The van der Waals surface area contributed by atoms with Gasteiger partial charge < -0.3 is 9.73 Å². The van der Waals surface area contributed by atoms with E-state index in [1.54, 1.807) is 12.3 Å². The van der Waals surface area contributed by atoms with Crippen LogP contribution in [0.5, 0.6) is 0 Å². The maximum absolute atomic E-state index is 11.7. The summed E-state index contributed by atoms with van der Waals surface area (Å²) in [6, 6.07) is 3.26. The van der Waals surface area contributed by atoms with Gasteiger partial charge >= 0.3 is 6.03 Å². The summed E-state index contributed by atoms with van der Waals surface area (Å²) in [7, 11) is 0. The van der Waals surface area contributed by atoms with Gasteiger partial charge in [0, 0.05) is 13.1 Å². The first-order valence-corrected chi connectivity index (χ1v) is 5.53. The topological polar surface area (TPSA) is 74.6 Å². The van der Waals surface area contributed by atoms with E-state index in [1.165, 1.54) is 4.90 Å². The van der Waals surface area contributed by atoms with Crippen molar-refractivity contribution in [1.29, 1.82) is 0 Å². The Kier molecular flexibility index (Phi) is 3.43. The fraction of sp³-hybridized carbons (Fsp3) is 0.455. The molecule has 0 spiro atoms. The molecule has 0 saturated carbocycles. The Hall–Kier alpha value is -1.82. The highest BCUT2D eigenvalue weighted by molar-refractivity contribution is 5.96. The van der Waals surface area contributed by atoms with E-state index in [9.17, 15) is 9.59 Å². The number of hydrogen-bond donors (Lipinski definition) is 2. The van der Waals surface area contributed by atoms with Crippen molar-refractivity contribution in [3.63, 3.8) is 0 Å². The predicted octanol–water partition coefficient (Wildman–Crippen LogP) is 0.482. The molecule has 1 aromatic rings. The average Bonchev–Trinajstić information content (AvgIpc) is 2.95. The molecule has 2 rings (SSSR count). The number of carbonyl (C=O) groups is 2. The maximum atomic E-state index is 11.7. The first-order chi connectivity index (χ1) is 8.18. The van der Waals surface area contributed by atoms with E-state index in [1.807, 2.05) is 13.0 Å². The molecule has 1 aliphatic rings. The van der Waals surface area contributed by atoms with Gasteiger partial charge in [0.05, 0.1) is 18.8 Å². The molecule has 0 aliphatic carbocycles. The van der Waals surface area contributed by atoms with Gasteiger partial charge in [0.15, 0.2) is 0 Å². The van der Waals surface area contributed by atoms with Crippen LogP contribution in [0.15, 0.2) is 22.8 Å². The second-order valence-corrected chi connectivity index (χ2v) is 3.90. The fourth-order valence-corrected chi connectivity index (χ4v) is 1.68. The number of carbonyl (C=O) groups excluding carboxylic acids is 2. The van der Waals surface area contributed by atoms with Crippen molar-refractivity contribution in [3.8, 4) is 0 Å². The number of rotatable bonds is 4. The lowest BCUT2D eigenvalue weighted by atomic mass is 10.2. The predicted molar refractivity (Wildman–Crippen MR) is 60.2 cm³/mol. The highest BCUT2D eigenvalue weighted by Gasteiger charge is 2.25. The van der Waals surface area contributed by atoms with E-state index < -0.39 is 0 Å². The molecule has 0 radical (unpaired) electrons. The Morgan fingerprint density at radius 1 is 1.71 bits per heavy atom. The van der Waals surface area contributed by atoms with Gasteiger partial charge in [0.1, 0.15) is 5.76 Å². The summed E-state index contributed by atoms with van der Waals surface area (Å²) < 4.78 is 5.21. The maximum Gasteiger partial charge on any atom is 0.324 e. The zero-order valence-corrected chi connectivity index (χ0v) is 9.60. The van der Waals surface area contributed by atoms with Gasteiger partial charge in [-0.3, -0.25) is 15.0 Å². The van der Waals surface area contributed by atoms with Crippen LogP contribution in [0.1, 0.15) is 18.7 Å². The molecule has 1 aromatic heterocycles. The minimum Gasteiger partial charge on any atom is -0.468 e. The summed E-state index contributed by atoms with van der Waals surface area (Å²) in [4.78, 5) is 24.1. The van der Waals surface area contributed by atoms with Gasteiger partial charge in [-0.05, 0) is 19.1 Å². The van der Waals surface area contributed by atoms with Crippen LogP contribution in [0.3, 0.4) is 0 Å². The summed E-state index contributed by atoms with van der Waals surface area (Å²) in [6.07, 6.45) is 1.59. The third kappa shape index (κ3) is 2.65. The molecule has 17 heavy (non-hydrogen) atoms. The van der Waals surface area contributed by atoms with Crippen molar-refractivity contribution in [2.75, 3.05) is 19.6 Å². The second kappa shape index (κ2) is 5.01. The number of imide groups is 1. The van der Waals surface area contributed by atoms with Crippen LogP contribution in [0.2, 0.25) is 0 Å². The van der Waals surface area contributed by atoms with Gasteiger partial charge in [0.25, 0.3) is 0 Å².